The summed E-state index contributed by atoms with van der Waals surface area (Å²) in [6.07, 6.45) is 0. The first kappa shape index (κ1) is 15.1. The monoisotopic (exact) mass is 431 g/mol. The van der Waals surface area contributed by atoms with E-state index >= 15 is 0 Å². The Morgan fingerprint density at radius 3 is 2.79 bits per heavy atom. The van der Waals surface area contributed by atoms with Gasteiger partial charge >= 0.3 is 0 Å². The van der Waals surface area contributed by atoms with Crippen molar-refractivity contribution in [3.8, 4) is 0 Å². The van der Waals surface area contributed by atoms with Crippen molar-refractivity contribution < 1.29 is 0 Å². The summed E-state index contributed by atoms with van der Waals surface area (Å²) in [5.41, 5.74) is 1.77. The second-order valence-electron chi connectivity index (χ2n) is 5.50. The topological polar surface area (TPSA) is 64.2 Å². The molecule has 1 N–H and O–H groups in total. The van der Waals surface area contributed by atoms with Crippen LogP contribution in [-0.2, 0) is 13.6 Å². The third-order valence-corrected chi connectivity index (χ3v) is 4.64. The van der Waals surface area contributed by atoms with E-state index in [0.29, 0.717) is 17.7 Å². The highest BCUT2D eigenvalue weighted by molar-refractivity contribution is 14.1. The standard InChI is InChI=1S/C17H14IN5O/c1-22-16(24)13-7-2-3-8-14(13)23-15(20-21-17(22)23)10-19-12-6-4-5-11(18)9-12/h2-9,19H,10H2,1H3. The SMILES string of the molecule is Cn1c(=O)c2ccccc2n2c(CNc3cccc(I)c3)nnc12. The Labute approximate surface area is 151 Å². The van der Waals surface area contributed by atoms with Gasteiger partial charge in [0.25, 0.3) is 5.56 Å². The molecular weight excluding hydrogens is 417 g/mol. The summed E-state index contributed by atoms with van der Waals surface area (Å²) in [5, 5.41) is 12.5. The summed E-state index contributed by atoms with van der Waals surface area (Å²) in [6.45, 7) is 0.517. The van der Waals surface area contributed by atoms with Crippen LogP contribution in [0.3, 0.4) is 0 Å². The molecule has 0 unspecified atom stereocenters. The summed E-state index contributed by atoms with van der Waals surface area (Å²) in [4.78, 5) is 12.4. The zero-order chi connectivity index (χ0) is 16.7. The van der Waals surface area contributed by atoms with E-state index in [1.807, 2.05) is 46.9 Å². The van der Waals surface area contributed by atoms with Gasteiger partial charge in [0, 0.05) is 16.3 Å². The van der Waals surface area contributed by atoms with Crippen molar-refractivity contribution in [2.45, 2.75) is 6.54 Å². The van der Waals surface area contributed by atoms with Gasteiger partial charge in [-0.15, -0.1) is 10.2 Å². The summed E-state index contributed by atoms with van der Waals surface area (Å²) in [6, 6.07) is 15.7. The molecule has 2 aromatic heterocycles. The van der Waals surface area contributed by atoms with Gasteiger partial charge in [-0.3, -0.25) is 13.8 Å². The second-order valence-corrected chi connectivity index (χ2v) is 6.74. The summed E-state index contributed by atoms with van der Waals surface area (Å²) < 4.78 is 4.62. The van der Waals surface area contributed by atoms with E-state index in [4.69, 9.17) is 0 Å². The molecule has 0 bridgehead atoms. The Balaban J connectivity index is 1.83. The van der Waals surface area contributed by atoms with Gasteiger partial charge in [-0.25, -0.2) is 0 Å². The minimum atomic E-state index is -0.0670. The third-order valence-electron chi connectivity index (χ3n) is 3.97. The average Bonchev–Trinajstić information content (AvgIpc) is 3.02. The quantitative estimate of drug-likeness (QED) is 0.507. The highest BCUT2D eigenvalue weighted by Gasteiger charge is 2.14. The van der Waals surface area contributed by atoms with Crippen LogP contribution >= 0.6 is 22.6 Å². The first-order valence-corrected chi connectivity index (χ1v) is 8.54. The molecule has 7 heteroatoms. The number of fused-ring (bicyclic) bond motifs is 3. The van der Waals surface area contributed by atoms with E-state index in [9.17, 15) is 4.79 Å². The molecule has 0 radical (unpaired) electrons. The highest BCUT2D eigenvalue weighted by Crippen LogP contribution is 2.16. The van der Waals surface area contributed by atoms with Crippen molar-refractivity contribution >= 4 is 45.0 Å². The van der Waals surface area contributed by atoms with E-state index in [-0.39, 0.29) is 5.56 Å². The number of hydrogen-bond acceptors (Lipinski definition) is 4. The molecule has 0 aliphatic rings. The number of hydrogen-bond donors (Lipinski definition) is 1. The average molecular weight is 431 g/mol. The number of aromatic nitrogens is 4. The molecule has 0 aliphatic carbocycles. The van der Waals surface area contributed by atoms with Crippen LogP contribution in [0, 0.1) is 3.57 Å². The molecule has 0 aliphatic heterocycles. The molecule has 0 saturated carbocycles. The maximum absolute atomic E-state index is 12.4. The van der Waals surface area contributed by atoms with Crippen molar-refractivity contribution in [1.29, 1.82) is 0 Å². The summed E-state index contributed by atoms with van der Waals surface area (Å²) in [5.74, 6) is 1.30. The molecule has 0 saturated heterocycles. The van der Waals surface area contributed by atoms with E-state index < -0.39 is 0 Å². The molecular formula is C17H14IN5O. The van der Waals surface area contributed by atoms with Crippen LogP contribution in [-0.4, -0.2) is 19.2 Å². The Morgan fingerprint density at radius 1 is 1.12 bits per heavy atom. The van der Waals surface area contributed by atoms with Gasteiger partial charge in [-0.05, 0) is 52.9 Å². The maximum atomic E-state index is 12.4. The first-order chi connectivity index (χ1) is 11.6. The van der Waals surface area contributed by atoms with Crippen LogP contribution in [0.25, 0.3) is 16.7 Å². The molecule has 0 fully saturated rings. The summed E-state index contributed by atoms with van der Waals surface area (Å²) >= 11 is 2.28. The van der Waals surface area contributed by atoms with E-state index in [0.717, 1.165) is 20.6 Å². The molecule has 0 amide bonds. The number of para-hydroxylation sites is 1. The van der Waals surface area contributed by atoms with Crippen LogP contribution in [0.4, 0.5) is 5.69 Å². The minimum absolute atomic E-state index is 0.0670. The van der Waals surface area contributed by atoms with Crippen LogP contribution in [0.15, 0.2) is 53.3 Å². The normalized spacial score (nSPS) is 11.2. The lowest BCUT2D eigenvalue weighted by Gasteiger charge is -2.09. The molecule has 0 atom stereocenters. The fourth-order valence-electron chi connectivity index (χ4n) is 2.79. The van der Waals surface area contributed by atoms with Gasteiger partial charge in [-0.1, -0.05) is 18.2 Å². The van der Waals surface area contributed by atoms with Crippen molar-refractivity contribution in [2.24, 2.45) is 7.05 Å². The molecule has 4 aromatic rings. The van der Waals surface area contributed by atoms with Gasteiger partial charge in [0.05, 0.1) is 17.4 Å². The Hall–Kier alpha value is -2.42. The zero-order valence-corrected chi connectivity index (χ0v) is 15.1. The van der Waals surface area contributed by atoms with Crippen molar-refractivity contribution in [2.75, 3.05) is 5.32 Å². The Bertz CT molecular complexity index is 1120. The molecule has 0 spiro atoms. The molecule has 4 rings (SSSR count). The van der Waals surface area contributed by atoms with Crippen LogP contribution in [0.5, 0.6) is 0 Å². The fraction of sp³-hybridized carbons (Fsp3) is 0.118. The Morgan fingerprint density at radius 2 is 1.96 bits per heavy atom. The van der Waals surface area contributed by atoms with E-state index in [1.54, 1.807) is 7.05 Å². The number of nitrogens with one attached hydrogen (secondary N) is 1. The maximum Gasteiger partial charge on any atom is 0.262 e. The van der Waals surface area contributed by atoms with Gasteiger partial charge < -0.3 is 5.32 Å². The molecule has 2 aromatic carbocycles. The molecule has 120 valence electrons. The number of rotatable bonds is 3. The lowest BCUT2D eigenvalue weighted by atomic mass is 10.2. The molecule has 2 heterocycles. The van der Waals surface area contributed by atoms with Gasteiger partial charge in [-0.2, -0.15) is 0 Å². The largest absolute Gasteiger partial charge is 0.378 e. The lowest BCUT2D eigenvalue weighted by molar-refractivity contribution is 0.855. The second kappa shape index (κ2) is 5.90. The minimum Gasteiger partial charge on any atom is -0.378 e. The molecule has 6 nitrogen and oxygen atoms in total. The van der Waals surface area contributed by atoms with Crippen molar-refractivity contribution in [1.82, 2.24) is 19.2 Å². The van der Waals surface area contributed by atoms with Crippen molar-refractivity contribution in [3.63, 3.8) is 0 Å². The van der Waals surface area contributed by atoms with E-state index in [2.05, 4.69) is 44.2 Å². The smallest absolute Gasteiger partial charge is 0.262 e. The van der Waals surface area contributed by atoms with Crippen molar-refractivity contribution in [3.05, 3.63) is 68.3 Å². The third kappa shape index (κ3) is 2.44. The predicted octanol–water partition coefficient (Wildman–Crippen LogP) is 2.80. The zero-order valence-electron chi connectivity index (χ0n) is 12.9. The highest BCUT2D eigenvalue weighted by atomic mass is 127. The van der Waals surface area contributed by atoms with Crippen LogP contribution in [0.1, 0.15) is 5.82 Å². The van der Waals surface area contributed by atoms with Gasteiger partial charge in [0.1, 0.15) is 0 Å². The fourth-order valence-corrected chi connectivity index (χ4v) is 3.33. The van der Waals surface area contributed by atoms with Gasteiger partial charge in [0.15, 0.2) is 5.82 Å². The number of anilines is 1. The summed E-state index contributed by atoms with van der Waals surface area (Å²) in [7, 11) is 1.72. The number of nitrogens with zero attached hydrogens (tertiary/aromatic N) is 4. The van der Waals surface area contributed by atoms with Gasteiger partial charge in [0.2, 0.25) is 5.78 Å². The van der Waals surface area contributed by atoms with E-state index in [1.165, 1.54) is 4.57 Å². The lowest BCUT2D eigenvalue weighted by Crippen LogP contribution is -2.20. The number of halogens is 1. The molecule has 24 heavy (non-hydrogen) atoms. The first-order valence-electron chi connectivity index (χ1n) is 7.46. The predicted molar refractivity (Wildman–Crippen MR) is 102 cm³/mol. The number of benzene rings is 2. The van der Waals surface area contributed by atoms with Crippen LogP contribution in [0.2, 0.25) is 0 Å². The Kier molecular flexibility index (Phi) is 3.72. The van der Waals surface area contributed by atoms with Crippen LogP contribution < -0.4 is 10.9 Å². The number of aryl methyl sites for hydroxylation is 1.